The van der Waals surface area contributed by atoms with Crippen molar-refractivity contribution in [1.82, 2.24) is 0 Å². The first kappa shape index (κ1) is 47.9. The Labute approximate surface area is 383 Å². The van der Waals surface area contributed by atoms with Gasteiger partial charge in [-0.2, -0.15) is 37.9 Å². The number of carbonyl (C=O) groups is 2. The first-order valence-corrected chi connectivity index (χ1v) is 23.1. The molecule has 0 unspecified atom stereocenters. The van der Waals surface area contributed by atoms with Crippen molar-refractivity contribution in [2.75, 3.05) is 26.4 Å². The zero-order valence-electron chi connectivity index (χ0n) is 26.6. The molecule has 0 heterocycles. The smallest absolute Gasteiger partial charge is 0.340 e. The normalized spacial score (nSPS) is 11.0. The van der Waals surface area contributed by atoms with E-state index < -0.39 is 90.7 Å². The molecule has 0 aliphatic heterocycles. The quantitative estimate of drug-likeness (QED) is 0.0599. The van der Waals surface area contributed by atoms with Crippen molar-refractivity contribution in [2.45, 2.75) is 9.79 Å². The lowest BCUT2D eigenvalue weighted by Crippen LogP contribution is -2.23. The van der Waals surface area contributed by atoms with E-state index in [-0.39, 0.29) is 57.7 Å². The van der Waals surface area contributed by atoms with Crippen LogP contribution in [-0.2, 0) is 29.7 Å². The fraction of sp³-hybridized carbons (Fsp3) is 0.133. The van der Waals surface area contributed by atoms with Gasteiger partial charge in [0.2, 0.25) is 0 Å². The van der Waals surface area contributed by atoms with Crippen LogP contribution < -0.4 is 19.9 Å². The van der Waals surface area contributed by atoms with Crippen LogP contribution in [-0.4, -0.2) is 64.3 Å². The molecule has 26 heteroatoms. The van der Waals surface area contributed by atoms with Gasteiger partial charge >= 0.3 is 11.9 Å². The number of hydrogen-bond acceptors (Lipinski definition) is 14. The minimum absolute atomic E-state index is 0.0908. The van der Waals surface area contributed by atoms with E-state index in [0.717, 1.165) is 12.1 Å². The highest BCUT2D eigenvalue weighted by Gasteiger charge is 2.33. The van der Waals surface area contributed by atoms with Crippen molar-refractivity contribution < 1.29 is 54.5 Å². The standard InChI is InChI=1S/C30H12Br8N4O12S2/c31-19-17(27(55(45,46)47)25(37)23(35)21(19)33)29(43)53-3-1-51-15-5-14(12(9-41)10-42)16(6-13(15)11(7-39)8-40)52-2-4-54-30(44)18-20(32)22(34)24(36)26(38)28(18)56(48,49)50/h5-6H,1-4H2,(H,45,46,47)(H,48,49,50). The second kappa shape index (κ2) is 20.0. The highest BCUT2D eigenvalue weighted by molar-refractivity contribution is 9.15. The summed E-state index contributed by atoms with van der Waals surface area (Å²) < 4.78 is 90.1. The van der Waals surface area contributed by atoms with Gasteiger partial charge in [0.25, 0.3) is 20.2 Å². The molecule has 56 heavy (non-hydrogen) atoms. The van der Waals surface area contributed by atoms with Crippen molar-refractivity contribution >= 4 is 171 Å². The van der Waals surface area contributed by atoms with E-state index in [1.165, 1.54) is 0 Å². The van der Waals surface area contributed by atoms with Gasteiger partial charge in [0.15, 0.2) is 0 Å². The predicted octanol–water partition coefficient (Wildman–Crippen LogP) is 7.15. The van der Waals surface area contributed by atoms with Crippen LogP contribution >= 0.6 is 127 Å². The second-order valence-electron chi connectivity index (χ2n) is 9.88. The van der Waals surface area contributed by atoms with Crippen molar-refractivity contribution in [1.29, 1.82) is 21.0 Å². The SMILES string of the molecule is N#CC(C#N)=c1cc(OCCOC(=O)c2c(Br)c(Br)c(Br)c(Br)c2S(=O)(=O)O)c(=C(C#N)C#N)cc1OCCOC(=O)c1c(Br)c(Br)c(Br)c(Br)c1S(=O)(=O)O. The van der Waals surface area contributed by atoms with Gasteiger partial charge in [-0.05, 0) is 140 Å². The van der Waals surface area contributed by atoms with Gasteiger partial charge in [-0.3, -0.25) is 9.11 Å². The summed E-state index contributed by atoms with van der Waals surface area (Å²) >= 11 is 24.9. The lowest BCUT2D eigenvalue weighted by atomic mass is 10.1. The van der Waals surface area contributed by atoms with Gasteiger partial charge in [0.1, 0.15) is 83.1 Å². The van der Waals surface area contributed by atoms with Gasteiger partial charge in [0, 0.05) is 37.3 Å². The number of esters is 2. The summed E-state index contributed by atoms with van der Waals surface area (Å²) in [5.74, 6) is -2.97. The van der Waals surface area contributed by atoms with Crippen LogP contribution in [0.5, 0.6) is 11.5 Å². The fourth-order valence-electron chi connectivity index (χ4n) is 4.27. The maximum atomic E-state index is 13.1. The Bertz CT molecular complexity index is 2520. The summed E-state index contributed by atoms with van der Waals surface area (Å²) in [7, 11) is -9.96. The average Bonchev–Trinajstić information content (AvgIpc) is 3.13. The third-order valence-corrected chi connectivity index (χ3v) is 18.5. The highest BCUT2D eigenvalue weighted by atomic mass is 79.9. The predicted molar refractivity (Wildman–Crippen MR) is 221 cm³/mol. The van der Waals surface area contributed by atoms with Crippen LogP contribution in [0.2, 0.25) is 0 Å². The van der Waals surface area contributed by atoms with Crippen LogP contribution in [0.4, 0.5) is 0 Å². The van der Waals surface area contributed by atoms with Crippen LogP contribution in [0.25, 0.3) is 11.1 Å². The van der Waals surface area contributed by atoms with Crippen molar-refractivity contribution in [2.24, 2.45) is 0 Å². The van der Waals surface area contributed by atoms with E-state index in [2.05, 4.69) is 127 Å². The number of halogens is 8. The first-order valence-electron chi connectivity index (χ1n) is 13.9. The molecule has 0 saturated heterocycles. The Morgan fingerprint density at radius 3 is 1.07 bits per heavy atom. The first-order chi connectivity index (χ1) is 26.1. The lowest BCUT2D eigenvalue weighted by molar-refractivity contribution is 0.0434. The maximum Gasteiger partial charge on any atom is 0.340 e. The Balaban J connectivity index is 1.95. The summed E-state index contributed by atoms with van der Waals surface area (Å²) in [6, 6.07) is 8.82. The van der Waals surface area contributed by atoms with Crippen molar-refractivity contribution in [3.63, 3.8) is 0 Å². The zero-order chi connectivity index (χ0) is 42.4. The minimum atomic E-state index is -4.98. The van der Waals surface area contributed by atoms with E-state index in [1.807, 2.05) is 0 Å². The van der Waals surface area contributed by atoms with Crippen LogP contribution in [0, 0.1) is 45.3 Å². The van der Waals surface area contributed by atoms with Crippen LogP contribution in [0.15, 0.2) is 57.7 Å². The summed E-state index contributed by atoms with van der Waals surface area (Å²) in [4.78, 5) is 24.5. The van der Waals surface area contributed by atoms with Gasteiger partial charge in [-0.25, -0.2) is 9.59 Å². The summed E-state index contributed by atoms with van der Waals surface area (Å²) in [6.07, 6.45) is 0. The summed E-state index contributed by atoms with van der Waals surface area (Å²) in [5.41, 5.74) is -2.23. The topological polar surface area (TPSA) is 275 Å². The maximum absolute atomic E-state index is 13.1. The Morgan fingerprint density at radius 1 is 0.518 bits per heavy atom. The number of hydrogen-bond donors (Lipinski definition) is 2. The average molecular weight is 1320 g/mol. The molecule has 0 spiro atoms. The van der Waals surface area contributed by atoms with Gasteiger partial charge in [-0.1, -0.05) is 0 Å². The molecule has 0 saturated carbocycles. The molecular weight excluding hydrogens is 1310 g/mol. The molecule has 0 bridgehead atoms. The number of nitrogens with zero attached hydrogens (tertiary/aromatic N) is 4. The molecule has 0 aromatic heterocycles. The van der Waals surface area contributed by atoms with Crippen molar-refractivity contribution in [3.8, 4) is 35.8 Å². The molecule has 0 atom stereocenters. The van der Waals surface area contributed by atoms with Crippen LogP contribution in [0.1, 0.15) is 20.7 Å². The molecule has 0 fully saturated rings. The highest BCUT2D eigenvalue weighted by Crippen LogP contribution is 2.45. The monoisotopic (exact) mass is 1320 g/mol. The molecule has 0 amide bonds. The second-order valence-corrected chi connectivity index (χ2v) is 18.9. The third-order valence-electron chi connectivity index (χ3n) is 6.59. The van der Waals surface area contributed by atoms with E-state index in [9.17, 15) is 56.6 Å². The molecule has 0 radical (unpaired) electrons. The molecule has 2 N–H and O–H groups in total. The molecule has 0 aliphatic carbocycles. The molecule has 3 aromatic rings. The molecule has 0 aliphatic rings. The Morgan fingerprint density at radius 2 is 0.804 bits per heavy atom. The van der Waals surface area contributed by atoms with Gasteiger partial charge in [0.05, 0.1) is 20.1 Å². The van der Waals surface area contributed by atoms with Gasteiger partial charge < -0.3 is 18.9 Å². The lowest BCUT2D eigenvalue weighted by Gasteiger charge is -2.16. The van der Waals surface area contributed by atoms with E-state index >= 15 is 0 Å². The van der Waals surface area contributed by atoms with E-state index in [4.69, 9.17) is 18.9 Å². The Hall–Kier alpha value is -2.44. The number of rotatable bonds is 12. The third kappa shape index (κ3) is 10.6. The van der Waals surface area contributed by atoms with E-state index in [0.29, 0.717) is 0 Å². The molecular formula is C30H12Br8N4O12S2. The van der Waals surface area contributed by atoms with Crippen LogP contribution in [0.3, 0.4) is 0 Å². The molecule has 3 aromatic carbocycles. The number of carbonyl (C=O) groups excluding carboxylic acids is 2. The molecule has 3 rings (SSSR count). The molecule has 292 valence electrons. The van der Waals surface area contributed by atoms with Gasteiger partial charge in [-0.15, -0.1) is 0 Å². The largest absolute Gasteiger partial charge is 0.489 e. The number of benzene rings is 3. The van der Waals surface area contributed by atoms with Crippen molar-refractivity contribution in [3.05, 3.63) is 69.5 Å². The number of nitriles is 4. The minimum Gasteiger partial charge on any atom is -0.489 e. The fourth-order valence-corrected chi connectivity index (χ4v) is 12.1. The zero-order valence-corrected chi connectivity index (χ0v) is 40.9. The number of ether oxygens (including phenoxy) is 4. The summed E-state index contributed by atoms with van der Waals surface area (Å²) in [5, 5.41) is 38.2. The van der Waals surface area contributed by atoms with E-state index in [1.54, 1.807) is 24.3 Å². The molecule has 16 nitrogen and oxygen atoms in total. The Kier molecular flexibility index (Phi) is 17.1. The summed E-state index contributed by atoms with van der Waals surface area (Å²) in [6.45, 7) is -2.17.